The molecule has 0 saturated heterocycles. The normalized spacial score (nSPS) is 17.4. The zero-order valence-electron chi connectivity index (χ0n) is 12.5. The van der Waals surface area contributed by atoms with E-state index in [0.717, 1.165) is 25.7 Å². The Bertz CT molecular complexity index is 487. The van der Waals surface area contributed by atoms with E-state index in [1.807, 2.05) is 0 Å². The maximum atomic E-state index is 12.9. The Morgan fingerprint density at radius 1 is 1.14 bits per heavy atom. The Hall–Kier alpha value is -1.41. The van der Waals surface area contributed by atoms with Crippen molar-refractivity contribution in [2.24, 2.45) is 5.92 Å². The standard InChI is InChI=1S/C16H21O4P/c1-19-12-9-6-10-13(20-2)14(12)15(17)16(21-18)11-7-4-3-5-8-11/h6,9-11,16H,3-5,7-8H2,1-2H3. The van der Waals surface area contributed by atoms with Gasteiger partial charge in [0.15, 0.2) is 14.2 Å². The summed E-state index contributed by atoms with van der Waals surface area (Å²) in [4.78, 5) is 12.9. The van der Waals surface area contributed by atoms with Gasteiger partial charge in [-0.3, -0.25) is 9.36 Å². The molecule has 0 radical (unpaired) electrons. The van der Waals surface area contributed by atoms with Crippen LogP contribution in [0.3, 0.4) is 0 Å². The first kappa shape index (κ1) is 16.0. The quantitative estimate of drug-likeness (QED) is 0.586. The molecule has 1 atom stereocenters. The zero-order valence-corrected chi connectivity index (χ0v) is 13.4. The molecule has 0 aromatic heterocycles. The van der Waals surface area contributed by atoms with Crippen LogP contribution in [0.1, 0.15) is 42.5 Å². The molecule has 21 heavy (non-hydrogen) atoms. The summed E-state index contributed by atoms with van der Waals surface area (Å²) in [5.41, 5.74) is -0.100. The zero-order chi connectivity index (χ0) is 15.2. The first-order chi connectivity index (χ1) is 10.2. The summed E-state index contributed by atoms with van der Waals surface area (Å²) >= 11 is 0. The maximum Gasteiger partial charge on any atom is 0.185 e. The van der Waals surface area contributed by atoms with Gasteiger partial charge in [0.05, 0.1) is 14.2 Å². The van der Waals surface area contributed by atoms with Crippen molar-refractivity contribution in [2.45, 2.75) is 37.8 Å². The fraction of sp³-hybridized carbons (Fsp3) is 0.562. The highest BCUT2D eigenvalue weighted by atomic mass is 31.1. The molecule has 1 saturated carbocycles. The van der Waals surface area contributed by atoms with E-state index < -0.39 is 5.66 Å². The van der Waals surface area contributed by atoms with E-state index >= 15 is 0 Å². The van der Waals surface area contributed by atoms with Crippen molar-refractivity contribution in [1.82, 2.24) is 0 Å². The Morgan fingerprint density at radius 3 is 2.19 bits per heavy atom. The summed E-state index contributed by atoms with van der Waals surface area (Å²) in [5.74, 6) is 0.987. The van der Waals surface area contributed by atoms with Crippen molar-refractivity contribution in [3.8, 4) is 11.5 Å². The van der Waals surface area contributed by atoms with Gasteiger partial charge in [0.2, 0.25) is 0 Å². The molecular weight excluding hydrogens is 287 g/mol. The van der Waals surface area contributed by atoms with Crippen LogP contribution < -0.4 is 9.47 Å². The number of carbonyl (C=O) groups is 1. The predicted octanol–water partition coefficient (Wildman–Crippen LogP) is 4.13. The molecule has 1 aliphatic carbocycles. The molecule has 2 rings (SSSR count). The number of hydrogen-bond donors (Lipinski definition) is 0. The van der Waals surface area contributed by atoms with Gasteiger partial charge in [0, 0.05) is 0 Å². The Morgan fingerprint density at radius 2 is 1.71 bits per heavy atom. The van der Waals surface area contributed by atoms with E-state index in [1.54, 1.807) is 18.2 Å². The molecule has 0 amide bonds. The lowest BCUT2D eigenvalue weighted by Crippen LogP contribution is -2.27. The highest BCUT2D eigenvalue weighted by Gasteiger charge is 2.33. The number of ketones is 1. The lowest BCUT2D eigenvalue weighted by Gasteiger charge is -2.25. The topological polar surface area (TPSA) is 52.6 Å². The van der Waals surface area contributed by atoms with Crippen molar-refractivity contribution in [2.75, 3.05) is 14.2 Å². The van der Waals surface area contributed by atoms with Crippen molar-refractivity contribution < 1.29 is 18.8 Å². The molecule has 5 heteroatoms. The molecule has 1 aromatic carbocycles. The van der Waals surface area contributed by atoms with Crippen molar-refractivity contribution in [3.05, 3.63) is 23.8 Å². The van der Waals surface area contributed by atoms with E-state index in [2.05, 4.69) is 0 Å². The molecule has 1 unspecified atom stereocenters. The van der Waals surface area contributed by atoms with Gasteiger partial charge in [0.1, 0.15) is 22.7 Å². The summed E-state index contributed by atoms with van der Waals surface area (Å²) in [6.07, 6.45) is 5.33. The Kier molecular flexibility index (Phi) is 5.75. The van der Waals surface area contributed by atoms with Crippen LogP contribution in [0, 0.1) is 5.92 Å². The van der Waals surface area contributed by atoms with Crippen LogP contribution in [0.4, 0.5) is 0 Å². The van der Waals surface area contributed by atoms with Gasteiger partial charge in [-0.1, -0.05) is 25.3 Å². The van der Waals surface area contributed by atoms with Gasteiger partial charge in [0.25, 0.3) is 0 Å². The van der Waals surface area contributed by atoms with Crippen LogP contribution >= 0.6 is 8.46 Å². The molecule has 1 aromatic rings. The van der Waals surface area contributed by atoms with E-state index in [-0.39, 0.29) is 20.2 Å². The molecule has 0 spiro atoms. The van der Waals surface area contributed by atoms with E-state index in [0.29, 0.717) is 17.1 Å². The van der Waals surface area contributed by atoms with Gasteiger partial charge in [-0.15, -0.1) is 0 Å². The van der Waals surface area contributed by atoms with Crippen LogP contribution in [-0.4, -0.2) is 25.7 Å². The number of ether oxygens (including phenoxy) is 2. The summed E-state index contributed by atoms with van der Waals surface area (Å²) in [6.45, 7) is 0. The van der Waals surface area contributed by atoms with Crippen LogP contribution in [0.25, 0.3) is 0 Å². The number of rotatable bonds is 6. The highest BCUT2D eigenvalue weighted by Crippen LogP contribution is 2.38. The predicted molar refractivity (Wildman–Crippen MR) is 81.8 cm³/mol. The van der Waals surface area contributed by atoms with E-state index in [9.17, 15) is 9.36 Å². The lowest BCUT2D eigenvalue weighted by atomic mass is 9.84. The summed E-state index contributed by atoms with van der Waals surface area (Å²) in [5, 5.41) is 0. The number of Topliss-reactive ketones (excluding diaryl/α,β-unsaturated/α-hetero) is 1. The first-order valence-electron chi connectivity index (χ1n) is 7.30. The van der Waals surface area contributed by atoms with Gasteiger partial charge in [-0.2, -0.15) is 0 Å². The number of carbonyl (C=O) groups excluding carboxylic acids is 1. The molecule has 0 N–H and O–H groups in total. The molecule has 0 heterocycles. The van der Waals surface area contributed by atoms with E-state index in [4.69, 9.17) is 9.47 Å². The smallest absolute Gasteiger partial charge is 0.185 e. The molecule has 0 aliphatic heterocycles. The second-order valence-electron chi connectivity index (χ2n) is 5.35. The van der Waals surface area contributed by atoms with Crippen LogP contribution in [0.2, 0.25) is 0 Å². The third-order valence-electron chi connectivity index (χ3n) is 4.15. The number of benzene rings is 1. The average molecular weight is 308 g/mol. The maximum absolute atomic E-state index is 12.9. The second-order valence-corrected chi connectivity index (χ2v) is 6.12. The SMILES string of the molecule is COc1cccc(OC)c1C(=O)C(P=O)C1CCCCC1. The van der Waals surface area contributed by atoms with Gasteiger partial charge >= 0.3 is 0 Å². The first-order valence-corrected chi connectivity index (χ1v) is 8.18. The summed E-state index contributed by atoms with van der Waals surface area (Å²) in [6, 6.07) is 5.24. The molecule has 1 aliphatic rings. The molecule has 114 valence electrons. The second kappa shape index (κ2) is 7.56. The van der Waals surface area contributed by atoms with Crippen LogP contribution in [0.15, 0.2) is 18.2 Å². The summed E-state index contributed by atoms with van der Waals surface area (Å²) in [7, 11) is 2.94. The highest BCUT2D eigenvalue weighted by molar-refractivity contribution is 7.26. The fourth-order valence-electron chi connectivity index (χ4n) is 3.04. The Labute approximate surface area is 127 Å². The Balaban J connectivity index is 2.34. The minimum atomic E-state index is -0.504. The fourth-order valence-corrected chi connectivity index (χ4v) is 3.73. The van der Waals surface area contributed by atoms with Gasteiger partial charge in [-0.05, 0) is 30.9 Å². The monoisotopic (exact) mass is 308 g/mol. The number of methoxy groups -OCH3 is 2. The number of hydrogen-bond acceptors (Lipinski definition) is 4. The largest absolute Gasteiger partial charge is 0.496 e. The average Bonchev–Trinajstić information content (AvgIpc) is 2.55. The third-order valence-corrected chi connectivity index (χ3v) is 5.04. The third kappa shape index (κ3) is 3.44. The van der Waals surface area contributed by atoms with E-state index in [1.165, 1.54) is 20.6 Å². The molecule has 4 nitrogen and oxygen atoms in total. The van der Waals surface area contributed by atoms with Gasteiger partial charge < -0.3 is 9.47 Å². The van der Waals surface area contributed by atoms with Gasteiger partial charge in [-0.25, -0.2) is 0 Å². The van der Waals surface area contributed by atoms with Crippen LogP contribution in [-0.2, 0) is 4.57 Å². The molecule has 0 bridgehead atoms. The minimum absolute atomic E-state index is 0.111. The lowest BCUT2D eigenvalue weighted by molar-refractivity contribution is 0.0951. The molecular formula is C16H21O4P. The molecule has 1 fully saturated rings. The van der Waals surface area contributed by atoms with Crippen molar-refractivity contribution in [3.63, 3.8) is 0 Å². The van der Waals surface area contributed by atoms with Crippen molar-refractivity contribution in [1.29, 1.82) is 0 Å². The minimum Gasteiger partial charge on any atom is -0.496 e. The van der Waals surface area contributed by atoms with Crippen molar-refractivity contribution >= 4 is 14.2 Å². The van der Waals surface area contributed by atoms with Crippen LogP contribution in [0.5, 0.6) is 11.5 Å². The summed E-state index contributed by atoms with van der Waals surface area (Å²) < 4.78 is 22.2.